The summed E-state index contributed by atoms with van der Waals surface area (Å²) in [5, 5.41) is 33.3. The second-order valence-electron chi connectivity index (χ2n) is 6.70. The minimum absolute atomic E-state index is 0.0745. The SMILES string of the molecule is CN(C)CCCOc1ccc(Cl)cc1NC(=O)Nc1n[n+]([O-])c2ccccc2[n+]1[O-]. The molecule has 0 unspecified atom stereocenters. The maximum Gasteiger partial charge on any atom is 0.469 e. The highest BCUT2D eigenvalue weighted by Gasteiger charge is 2.23. The minimum Gasteiger partial charge on any atom is -0.739 e. The number of nitrogens with zero attached hydrogens (tertiary/aromatic N) is 4. The molecule has 0 saturated heterocycles. The van der Waals surface area contributed by atoms with Crippen LogP contribution in [0.15, 0.2) is 42.5 Å². The molecule has 0 bridgehead atoms. The molecule has 0 aliphatic rings. The van der Waals surface area contributed by atoms with Gasteiger partial charge in [0.05, 0.1) is 12.3 Å². The molecule has 0 spiro atoms. The van der Waals surface area contributed by atoms with Crippen LogP contribution in [0.4, 0.5) is 16.4 Å². The van der Waals surface area contributed by atoms with Crippen molar-refractivity contribution in [2.75, 3.05) is 37.9 Å². The maximum atomic E-state index is 12.4. The highest BCUT2D eigenvalue weighted by molar-refractivity contribution is 6.31. The number of carbonyl (C=O) groups is 1. The summed E-state index contributed by atoms with van der Waals surface area (Å²) >= 11 is 6.03. The van der Waals surface area contributed by atoms with E-state index in [9.17, 15) is 15.2 Å². The zero-order valence-electron chi connectivity index (χ0n) is 16.5. The largest absolute Gasteiger partial charge is 0.739 e. The van der Waals surface area contributed by atoms with Crippen LogP contribution in [0.5, 0.6) is 5.75 Å². The molecule has 3 aromatic rings. The first-order chi connectivity index (χ1) is 14.3. The number of benzene rings is 2. The van der Waals surface area contributed by atoms with Crippen molar-refractivity contribution in [1.29, 1.82) is 0 Å². The topological polar surface area (TPSA) is 120 Å². The molecule has 2 amide bonds. The lowest BCUT2D eigenvalue weighted by Crippen LogP contribution is -2.45. The summed E-state index contributed by atoms with van der Waals surface area (Å²) in [6.07, 6.45) is 0.794. The molecule has 0 aliphatic carbocycles. The van der Waals surface area contributed by atoms with Crippen molar-refractivity contribution in [3.63, 3.8) is 0 Å². The third kappa shape index (κ3) is 5.16. The fourth-order valence-corrected chi connectivity index (χ4v) is 2.88. The van der Waals surface area contributed by atoms with Gasteiger partial charge in [0.2, 0.25) is 5.10 Å². The van der Waals surface area contributed by atoms with Gasteiger partial charge in [0.15, 0.2) is 5.52 Å². The predicted octanol–water partition coefficient (Wildman–Crippen LogP) is 2.13. The van der Waals surface area contributed by atoms with Crippen molar-refractivity contribution >= 4 is 40.3 Å². The standard InChI is InChI=1S/C19H21ClN6O4/c1-24(2)10-5-11-30-17-9-8-13(20)12-14(17)21-19(27)22-18-23-26(29)16-7-4-3-6-15(16)25(18)28/h3-4,6-9,12H,5,10-11H2,1-2H3,(H2,21,22,23,27). The van der Waals surface area contributed by atoms with Crippen molar-refractivity contribution in [3.05, 3.63) is 57.9 Å². The van der Waals surface area contributed by atoms with Crippen LogP contribution in [0.25, 0.3) is 11.0 Å². The van der Waals surface area contributed by atoms with Gasteiger partial charge < -0.3 is 20.1 Å². The molecule has 158 valence electrons. The molecule has 1 aromatic heterocycles. The first-order valence-corrected chi connectivity index (χ1v) is 9.50. The first-order valence-electron chi connectivity index (χ1n) is 9.12. The highest BCUT2D eigenvalue weighted by Crippen LogP contribution is 2.28. The Morgan fingerprint density at radius 2 is 1.90 bits per heavy atom. The van der Waals surface area contributed by atoms with E-state index in [0.717, 1.165) is 13.0 Å². The van der Waals surface area contributed by atoms with Gasteiger partial charge in [-0.2, -0.15) is 5.32 Å². The van der Waals surface area contributed by atoms with Crippen LogP contribution >= 0.6 is 11.6 Å². The van der Waals surface area contributed by atoms with E-state index in [2.05, 4.69) is 15.7 Å². The molecule has 30 heavy (non-hydrogen) atoms. The molecule has 0 saturated carbocycles. The smallest absolute Gasteiger partial charge is 0.469 e. The number of hydrogen-bond donors (Lipinski definition) is 2. The van der Waals surface area contributed by atoms with Crippen molar-refractivity contribution in [1.82, 2.24) is 10.00 Å². The van der Waals surface area contributed by atoms with Gasteiger partial charge in [-0.1, -0.05) is 23.7 Å². The Bertz CT molecular complexity index is 1060. The van der Waals surface area contributed by atoms with Gasteiger partial charge in [0.1, 0.15) is 5.75 Å². The van der Waals surface area contributed by atoms with E-state index in [1.54, 1.807) is 24.3 Å². The van der Waals surface area contributed by atoms with E-state index in [-0.39, 0.29) is 15.9 Å². The molecule has 0 radical (unpaired) electrons. The van der Waals surface area contributed by atoms with E-state index >= 15 is 0 Å². The molecule has 0 fully saturated rings. The number of ether oxygens (including phenoxy) is 1. The molecule has 0 aliphatic heterocycles. The summed E-state index contributed by atoms with van der Waals surface area (Å²) in [6.45, 7) is 1.29. The summed E-state index contributed by atoms with van der Waals surface area (Å²) in [5.74, 6) is -0.0367. The second kappa shape index (κ2) is 9.42. The third-order valence-corrected chi connectivity index (χ3v) is 4.34. The number of rotatable bonds is 7. The van der Waals surface area contributed by atoms with Gasteiger partial charge in [-0.15, -0.1) is 0 Å². The van der Waals surface area contributed by atoms with Gasteiger partial charge in [-0.3, -0.25) is 5.32 Å². The zero-order valence-corrected chi connectivity index (χ0v) is 17.2. The molecule has 10 nitrogen and oxygen atoms in total. The monoisotopic (exact) mass is 432 g/mol. The fourth-order valence-electron chi connectivity index (χ4n) is 2.71. The molecular formula is C19H21ClN6O4. The first kappa shape index (κ1) is 21.3. The number of amides is 2. The Balaban J connectivity index is 1.74. The maximum absolute atomic E-state index is 12.4. The van der Waals surface area contributed by atoms with Crippen LogP contribution in [0, 0.1) is 10.4 Å². The van der Waals surface area contributed by atoms with Crippen molar-refractivity contribution in [2.45, 2.75) is 6.42 Å². The Morgan fingerprint density at radius 1 is 1.17 bits per heavy atom. The number of halogens is 1. The van der Waals surface area contributed by atoms with E-state index < -0.39 is 12.0 Å². The van der Waals surface area contributed by atoms with Crippen LogP contribution in [-0.4, -0.2) is 43.3 Å². The summed E-state index contributed by atoms with van der Waals surface area (Å²) in [4.78, 5) is 14.7. The van der Waals surface area contributed by atoms with Gasteiger partial charge in [-0.05, 0) is 44.8 Å². The Morgan fingerprint density at radius 3 is 2.63 bits per heavy atom. The number of fused-ring (bicyclic) bond motifs is 1. The van der Waals surface area contributed by atoms with Gasteiger partial charge in [0, 0.05) is 22.5 Å². The molecule has 2 N–H and O–H groups in total. The second-order valence-corrected chi connectivity index (χ2v) is 7.14. The zero-order chi connectivity index (χ0) is 21.7. The van der Waals surface area contributed by atoms with E-state index in [0.29, 0.717) is 27.8 Å². The van der Waals surface area contributed by atoms with Crippen molar-refractivity contribution in [2.24, 2.45) is 0 Å². The summed E-state index contributed by atoms with van der Waals surface area (Å²) in [7, 11) is 3.93. The lowest BCUT2D eigenvalue weighted by Gasteiger charge is -2.14. The average Bonchev–Trinajstić information content (AvgIpc) is 2.70. The number of carbonyl (C=O) groups excluding carboxylic acids is 1. The number of para-hydroxylation sites is 2. The molecule has 0 atom stereocenters. The lowest BCUT2D eigenvalue weighted by atomic mass is 10.3. The number of nitrogens with one attached hydrogen (secondary N) is 2. The van der Waals surface area contributed by atoms with Crippen molar-refractivity contribution < 1.29 is 19.1 Å². The molecule has 2 aromatic carbocycles. The summed E-state index contributed by atoms with van der Waals surface area (Å²) < 4.78 is 6.10. The minimum atomic E-state index is -0.775. The number of anilines is 2. The summed E-state index contributed by atoms with van der Waals surface area (Å²) in [6, 6.07) is 10.2. The number of aromatic nitrogens is 3. The van der Waals surface area contributed by atoms with E-state index in [4.69, 9.17) is 16.3 Å². The summed E-state index contributed by atoms with van der Waals surface area (Å²) in [5.41, 5.74) is 0.477. The van der Waals surface area contributed by atoms with E-state index in [1.165, 1.54) is 18.2 Å². The highest BCUT2D eigenvalue weighted by atomic mass is 35.5. The molecule has 1 heterocycles. The number of hydrogen-bond acceptors (Lipinski definition) is 6. The van der Waals surface area contributed by atoms with Crippen LogP contribution in [0.2, 0.25) is 5.02 Å². The van der Waals surface area contributed by atoms with E-state index in [1.807, 2.05) is 19.0 Å². The molecular weight excluding hydrogens is 412 g/mol. The van der Waals surface area contributed by atoms with Crippen LogP contribution in [0.1, 0.15) is 6.42 Å². The Kier molecular flexibility index (Phi) is 6.70. The third-order valence-electron chi connectivity index (χ3n) is 4.11. The normalized spacial score (nSPS) is 10.9. The Labute approximate surface area is 177 Å². The van der Waals surface area contributed by atoms with Crippen LogP contribution < -0.4 is 24.9 Å². The predicted molar refractivity (Wildman–Crippen MR) is 112 cm³/mol. The van der Waals surface area contributed by atoms with Crippen LogP contribution in [0.3, 0.4) is 0 Å². The lowest BCUT2D eigenvalue weighted by molar-refractivity contribution is -0.672. The van der Waals surface area contributed by atoms with Gasteiger partial charge in [-0.25, -0.2) is 9.52 Å². The molecule has 11 heteroatoms. The average molecular weight is 433 g/mol. The molecule has 3 rings (SSSR count). The van der Waals surface area contributed by atoms with Crippen LogP contribution in [-0.2, 0) is 0 Å². The Hall–Kier alpha value is -3.37. The van der Waals surface area contributed by atoms with Gasteiger partial charge >= 0.3 is 12.0 Å². The van der Waals surface area contributed by atoms with Crippen molar-refractivity contribution in [3.8, 4) is 5.75 Å². The van der Waals surface area contributed by atoms with Gasteiger partial charge in [0.25, 0.3) is 5.52 Å². The fraction of sp³-hybridized carbons (Fsp3) is 0.263. The number of urea groups is 1. The quantitative estimate of drug-likeness (QED) is 0.335.